The molecule has 2 aromatic heterocycles. The van der Waals surface area contributed by atoms with E-state index in [0.29, 0.717) is 12.2 Å². The van der Waals surface area contributed by atoms with Crippen LogP contribution >= 0.6 is 0 Å². The van der Waals surface area contributed by atoms with Crippen LogP contribution in [0.4, 0.5) is 5.82 Å². The van der Waals surface area contributed by atoms with E-state index in [1.807, 2.05) is 36.4 Å². The van der Waals surface area contributed by atoms with Crippen molar-refractivity contribution in [3.05, 3.63) is 54.2 Å². The fraction of sp³-hybridized carbons (Fsp3) is 0.188. The van der Waals surface area contributed by atoms with Crippen molar-refractivity contribution in [2.75, 3.05) is 12.8 Å². The first-order valence-corrected chi connectivity index (χ1v) is 6.68. The van der Waals surface area contributed by atoms with E-state index < -0.39 is 0 Å². The molecule has 0 amide bonds. The lowest BCUT2D eigenvalue weighted by atomic mass is 10.0. The monoisotopic (exact) mass is 284 g/mol. The molecule has 21 heavy (non-hydrogen) atoms. The Kier molecular flexibility index (Phi) is 3.64. The number of methoxy groups -OCH3 is 1. The van der Waals surface area contributed by atoms with Crippen LogP contribution in [0.3, 0.4) is 0 Å². The summed E-state index contributed by atoms with van der Waals surface area (Å²) in [5, 5.41) is 3.88. The third-order valence-corrected chi connectivity index (χ3v) is 3.35. The van der Waals surface area contributed by atoms with Gasteiger partial charge in [0.15, 0.2) is 5.82 Å². The average molecular weight is 284 g/mol. The second-order valence-corrected chi connectivity index (χ2v) is 4.67. The van der Waals surface area contributed by atoms with Gasteiger partial charge >= 0.3 is 0 Å². The minimum absolute atomic E-state index is 0.398. The summed E-state index contributed by atoms with van der Waals surface area (Å²) < 4.78 is 15.8. The number of nitrogens with two attached hydrogens (primary N) is 1. The van der Waals surface area contributed by atoms with Gasteiger partial charge in [-0.25, -0.2) is 0 Å². The summed E-state index contributed by atoms with van der Waals surface area (Å²) in [6.07, 6.45) is 3.08. The van der Waals surface area contributed by atoms with Crippen LogP contribution < -0.4 is 10.5 Å². The first-order chi connectivity index (χ1) is 10.3. The van der Waals surface area contributed by atoms with Crippen molar-refractivity contribution in [1.29, 1.82) is 0 Å². The van der Waals surface area contributed by atoms with Gasteiger partial charge in [-0.15, -0.1) is 0 Å². The summed E-state index contributed by atoms with van der Waals surface area (Å²) in [4.78, 5) is 0. The van der Waals surface area contributed by atoms with Crippen LogP contribution in [-0.4, -0.2) is 12.3 Å². The van der Waals surface area contributed by atoms with Crippen LogP contribution in [0.5, 0.6) is 5.75 Å². The van der Waals surface area contributed by atoms with E-state index in [0.717, 1.165) is 34.8 Å². The molecule has 0 atom stereocenters. The summed E-state index contributed by atoms with van der Waals surface area (Å²) in [5.41, 5.74) is 7.73. The number of aromatic nitrogens is 1. The zero-order valence-electron chi connectivity index (χ0n) is 11.7. The quantitative estimate of drug-likeness (QED) is 0.778. The van der Waals surface area contributed by atoms with Gasteiger partial charge in [0, 0.05) is 12.8 Å². The Hall–Kier alpha value is -2.69. The molecule has 5 heteroatoms. The van der Waals surface area contributed by atoms with Crippen LogP contribution in [0.2, 0.25) is 0 Å². The molecule has 1 aromatic carbocycles. The summed E-state index contributed by atoms with van der Waals surface area (Å²) in [7, 11) is 1.64. The smallest absolute Gasteiger partial charge is 0.175 e. The molecular formula is C16H16N2O3. The molecule has 3 aromatic rings. The van der Waals surface area contributed by atoms with Crippen molar-refractivity contribution in [2.24, 2.45) is 0 Å². The summed E-state index contributed by atoms with van der Waals surface area (Å²) in [6, 6.07) is 11.5. The second kappa shape index (κ2) is 5.75. The number of nitrogens with zero attached hydrogens (tertiary/aromatic N) is 1. The molecule has 0 aliphatic rings. The van der Waals surface area contributed by atoms with E-state index in [1.54, 1.807) is 13.4 Å². The van der Waals surface area contributed by atoms with Gasteiger partial charge in [0.05, 0.1) is 18.9 Å². The minimum atomic E-state index is 0.398. The van der Waals surface area contributed by atoms with Crippen molar-refractivity contribution in [3.63, 3.8) is 0 Å². The van der Waals surface area contributed by atoms with E-state index in [4.69, 9.17) is 19.4 Å². The molecule has 3 rings (SSSR count). The highest BCUT2D eigenvalue weighted by Gasteiger charge is 2.16. The van der Waals surface area contributed by atoms with Crippen LogP contribution in [0.25, 0.3) is 11.1 Å². The van der Waals surface area contributed by atoms with Gasteiger partial charge in [-0.05, 0) is 29.8 Å². The fourth-order valence-electron chi connectivity index (χ4n) is 2.27. The number of nitrogen functional groups attached to an aromatic ring is 1. The summed E-state index contributed by atoms with van der Waals surface area (Å²) in [5.74, 6) is 2.86. The van der Waals surface area contributed by atoms with E-state index in [-0.39, 0.29) is 0 Å². The molecule has 0 fully saturated rings. The lowest BCUT2D eigenvalue weighted by Gasteiger charge is -2.04. The topological polar surface area (TPSA) is 74.4 Å². The zero-order valence-corrected chi connectivity index (χ0v) is 11.7. The number of aryl methyl sites for hydroxylation is 2. The SMILES string of the molecule is COc1ccc(-c2c(N)noc2CCc2ccco2)cc1. The van der Waals surface area contributed by atoms with Gasteiger partial charge in [-0.3, -0.25) is 0 Å². The normalized spacial score (nSPS) is 10.7. The third-order valence-electron chi connectivity index (χ3n) is 3.35. The molecule has 0 saturated carbocycles. The van der Waals surface area contributed by atoms with E-state index >= 15 is 0 Å². The Morgan fingerprint density at radius 2 is 1.95 bits per heavy atom. The molecule has 5 nitrogen and oxygen atoms in total. The van der Waals surface area contributed by atoms with Crippen molar-refractivity contribution < 1.29 is 13.7 Å². The highest BCUT2D eigenvalue weighted by molar-refractivity contribution is 5.75. The molecule has 0 unspecified atom stereocenters. The summed E-state index contributed by atoms with van der Waals surface area (Å²) in [6.45, 7) is 0. The predicted octanol–water partition coefficient (Wildman–Crippen LogP) is 3.31. The van der Waals surface area contributed by atoms with Crippen LogP contribution in [0, 0.1) is 0 Å². The Morgan fingerprint density at radius 1 is 1.14 bits per heavy atom. The molecule has 2 N–H and O–H groups in total. The van der Waals surface area contributed by atoms with Gasteiger partial charge in [0.1, 0.15) is 17.3 Å². The third kappa shape index (κ3) is 2.76. The number of anilines is 1. The van der Waals surface area contributed by atoms with Crippen molar-refractivity contribution in [2.45, 2.75) is 12.8 Å². The number of furan rings is 1. The Morgan fingerprint density at radius 3 is 2.62 bits per heavy atom. The fourth-order valence-corrected chi connectivity index (χ4v) is 2.27. The Balaban J connectivity index is 1.85. The number of hydrogen-bond acceptors (Lipinski definition) is 5. The highest BCUT2D eigenvalue weighted by Crippen LogP contribution is 2.31. The standard InChI is InChI=1S/C16H16N2O3/c1-19-12-6-4-11(5-7-12)15-14(21-18-16(15)17)9-8-13-3-2-10-20-13/h2-7,10H,8-9H2,1H3,(H2,17,18). The van der Waals surface area contributed by atoms with Crippen molar-refractivity contribution >= 4 is 5.82 Å². The number of ether oxygens (including phenoxy) is 1. The minimum Gasteiger partial charge on any atom is -0.497 e. The number of benzene rings is 1. The van der Waals surface area contributed by atoms with Gasteiger partial charge in [0.25, 0.3) is 0 Å². The first kappa shape index (κ1) is 13.3. The first-order valence-electron chi connectivity index (χ1n) is 6.68. The largest absolute Gasteiger partial charge is 0.497 e. The molecule has 2 heterocycles. The Labute approximate surface area is 122 Å². The summed E-state index contributed by atoms with van der Waals surface area (Å²) >= 11 is 0. The van der Waals surface area contributed by atoms with E-state index in [2.05, 4.69) is 5.16 Å². The molecule has 0 saturated heterocycles. The van der Waals surface area contributed by atoms with Crippen LogP contribution in [0.15, 0.2) is 51.6 Å². The van der Waals surface area contributed by atoms with Gasteiger partial charge in [-0.1, -0.05) is 17.3 Å². The van der Waals surface area contributed by atoms with E-state index in [9.17, 15) is 0 Å². The van der Waals surface area contributed by atoms with Crippen LogP contribution in [0.1, 0.15) is 11.5 Å². The molecule has 0 aliphatic heterocycles. The molecule has 0 aliphatic carbocycles. The Bertz CT molecular complexity index is 700. The molecular weight excluding hydrogens is 268 g/mol. The number of hydrogen-bond donors (Lipinski definition) is 1. The predicted molar refractivity (Wildman–Crippen MR) is 79.0 cm³/mol. The average Bonchev–Trinajstić information content (AvgIpc) is 3.15. The maximum absolute atomic E-state index is 5.93. The lowest BCUT2D eigenvalue weighted by molar-refractivity contribution is 0.382. The van der Waals surface area contributed by atoms with Gasteiger partial charge < -0.3 is 19.4 Å². The highest BCUT2D eigenvalue weighted by atomic mass is 16.5. The molecule has 0 bridgehead atoms. The molecule has 108 valence electrons. The lowest BCUT2D eigenvalue weighted by Crippen LogP contribution is -1.93. The second-order valence-electron chi connectivity index (χ2n) is 4.67. The number of rotatable bonds is 5. The maximum Gasteiger partial charge on any atom is 0.175 e. The molecule has 0 spiro atoms. The van der Waals surface area contributed by atoms with E-state index in [1.165, 1.54) is 0 Å². The van der Waals surface area contributed by atoms with Crippen LogP contribution in [-0.2, 0) is 12.8 Å². The zero-order chi connectivity index (χ0) is 14.7. The van der Waals surface area contributed by atoms with Crippen molar-refractivity contribution in [1.82, 2.24) is 5.16 Å². The van der Waals surface area contributed by atoms with Crippen molar-refractivity contribution in [3.8, 4) is 16.9 Å². The maximum atomic E-state index is 5.93. The molecule has 0 radical (unpaired) electrons. The van der Waals surface area contributed by atoms with Gasteiger partial charge in [0.2, 0.25) is 0 Å². The van der Waals surface area contributed by atoms with Gasteiger partial charge in [-0.2, -0.15) is 0 Å².